The lowest BCUT2D eigenvalue weighted by Gasteiger charge is -2.17. The topological polar surface area (TPSA) is 47.6 Å². The molecule has 1 aliphatic rings. The Kier molecular flexibility index (Phi) is 5.43. The van der Waals surface area contributed by atoms with E-state index in [0.29, 0.717) is 25.0 Å². The second-order valence-corrected chi connectivity index (χ2v) is 7.06. The molecule has 3 unspecified atom stereocenters. The van der Waals surface area contributed by atoms with Crippen LogP contribution < -0.4 is 14.8 Å². The quantitative estimate of drug-likeness (QED) is 0.906. The Balaban J connectivity index is 2.12. The first-order valence-corrected chi connectivity index (χ1v) is 8.30. The van der Waals surface area contributed by atoms with Gasteiger partial charge in [0.1, 0.15) is 0 Å². The van der Waals surface area contributed by atoms with Gasteiger partial charge in [0.05, 0.1) is 24.0 Å². The van der Waals surface area contributed by atoms with Crippen LogP contribution in [0.15, 0.2) is 23.1 Å². The van der Waals surface area contributed by atoms with Crippen LogP contribution in [0.25, 0.3) is 0 Å². The van der Waals surface area contributed by atoms with Crippen molar-refractivity contribution >= 4 is 10.8 Å². The van der Waals surface area contributed by atoms with Crippen LogP contribution in [0.3, 0.4) is 0 Å². The molecule has 1 aromatic carbocycles. The van der Waals surface area contributed by atoms with E-state index in [1.165, 1.54) is 0 Å². The van der Waals surface area contributed by atoms with Crippen LogP contribution in [0.1, 0.15) is 26.7 Å². The highest BCUT2D eigenvalue weighted by Crippen LogP contribution is 2.32. The van der Waals surface area contributed by atoms with Gasteiger partial charge in [-0.25, -0.2) is 0 Å². The Labute approximate surface area is 123 Å². The van der Waals surface area contributed by atoms with Gasteiger partial charge in [0.2, 0.25) is 0 Å². The van der Waals surface area contributed by atoms with Gasteiger partial charge >= 0.3 is 0 Å². The van der Waals surface area contributed by atoms with Crippen LogP contribution in [0.2, 0.25) is 0 Å². The number of ether oxygens (including phenoxy) is 2. The van der Waals surface area contributed by atoms with Crippen LogP contribution in [0.5, 0.6) is 11.5 Å². The molecule has 0 spiro atoms. The maximum absolute atomic E-state index is 12.6. The monoisotopic (exact) mass is 297 g/mol. The summed E-state index contributed by atoms with van der Waals surface area (Å²) in [4.78, 5) is 0.810. The summed E-state index contributed by atoms with van der Waals surface area (Å²) in [6.45, 7) is 5.44. The second kappa shape index (κ2) is 7.09. The fourth-order valence-electron chi connectivity index (χ4n) is 2.20. The molecule has 0 amide bonds. The SMILES string of the molecule is CNC(C)CC(C)S(=O)c1ccc2c(c1)OCCCO2. The normalized spacial score (nSPS) is 18.9. The third-order valence-electron chi connectivity index (χ3n) is 3.50. The molecule has 0 aliphatic carbocycles. The standard InChI is InChI=1S/C15H23NO3S/c1-11(16-3)9-12(2)20(17)13-5-6-14-15(10-13)19-8-4-7-18-14/h5-6,10-12,16H,4,7-9H2,1-3H3. The molecule has 0 fully saturated rings. The summed E-state index contributed by atoms with van der Waals surface area (Å²) in [7, 11) is 0.895. The minimum Gasteiger partial charge on any atom is -0.490 e. The van der Waals surface area contributed by atoms with Gasteiger partial charge in [0.15, 0.2) is 11.5 Å². The molecule has 0 bridgehead atoms. The predicted molar refractivity (Wildman–Crippen MR) is 81.1 cm³/mol. The van der Waals surface area contributed by atoms with Crippen molar-refractivity contribution < 1.29 is 13.7 Å². The molecule has 112 valence electrons. The fraction of sp³-hybridized carbons (Fsp3) is 0.600. The highest BCUT2D eigenvalue weighted by atomic mass is 32.2. The molecule has 3 atom stereocenters. The number of nitrogens with one attached hydrogen (secondary N) is 1. The van der Waals surface area contributed by atoms with Crippen LogP contribution in [0.4, 0.5) is 0 Å². The Morgan fingerprint density at radius 3 is 2.65 bits per heavy atom. The predicted octanol–water partition coefficient (Wildman–Crippen LogP) is 2.34. The Morgan fingerprint density at radius 2 is 1.95 bits per heavy atom. The minimum atomic E-state index is -1.03. The summed E-state index contributed by atoms with van der Waals surface area (Å²) in [6, 6.07) is 5.96. The molecule has 1 N–H and O–H groups in total. The zero-order valence-electron chi connectivity index (χ0n) is 12.3. The second-order valence-electron chi connectivity index (χ2n) is 5.19. The molecule has 20 heavy (non-hydrogen) atoms. The van der Waals surface area contributed by atoms with Crippen molar-refractivity contribution in [2.24, 2.45) is 0 Å². The summed E-state index contributed by atoms with van der Waals surface area (Å²) in [5.41, 5.74) is 0. The van der Waals surface area contributed by atoms with Crippen molar-refractivity contribution in [2.75, 3.05) is 20.3 Å². The summed E-state index contributed by atoms with van der Waals surface area (Å²) in [5.74, 6) is 1.46. The van der Waals surface area contributed by atoms with E-state index in [1.807, 2.05) is 32.2 Å². The summed E-state index contributed by atoms with van der Waals surface area (Å²) in [5, 5.41) is 3.28. The molecule has 0 saturated heterocycles. The third-order valence-corrected chi connectivity index (χ3v) is 5.14. The largest absolute Gasteiger partial charge is 0.490 e. The van der Waals surface area contributed by atoms with E-state index in [-0.39, 0.29) is 5.25 Å². The molecule has 1 aromatic rings. The van der Waals surface area contributed by atoms with Gasteiger partial charge in [-0.15, -0.1) is 0 Å². The lowest BCUT2D eigenvalue weighted by atomic mass is 10.2. The van der Waals surface area contributed by atoms with Gasteiger partial charge in [-0.1, -0.05) is 6.92 Å². The van der Waals surface area contributed by atoms with Gasteiger partial charge in [-0.3, -0.25) is 4.21 Å². The van der Waals surface area contributed by atoms with Gasteiger partial charge in [-0.2, -0.15) is 0 Å². The molecule has 2 rings (SSSR count). The van der Waals surface area contributed by atoms with Crippen LogP contribution in [-0.2, 0) is 10.8 Å². The number of rotatable bonds is 5. The number of hydrogen-bond donors (Lipinski definition) is 1. The zero-order valence-corrected chi connectivity index (χ0v) is 13.2. The Bertz CT molecular complexity index is 478. The average molecular weight is 297 g/mol. The van der Waals surface area contributed by atoms with Crippen LogP contribution >= 0.6 is 0 Å². The first kappa shape index (κ1) is 15.3. The molecule has 0 radical (unpaired) electrons. The van der Waals surface area contributed by atoms with Crippen molar-refractivity contribution in [3.8, 4) is 11.5 Å². The van der Waals surface area contributed by atoms with Crippen molar-refractivity contribution in [1.29, 1.82) is 0 Å². The lowest BCUT2D eigenvalue weighted by Crippen LogP contribution is -2.27. The van der Waals surface area contributed by atoms with E-state index < -0.39 is 10.8 Å². The van der Waals surface area contributed by atoms with Crippen molar-refractivity contribution in [3.63, 3.8) is 0 Å². The van der Waals surface area contributed by atoms with E-state index in [1.54, 1.807) is 0 Å². The molecule has 5 heteroatoms. The maximum Gasteiger partial charge on any atom is 0.162 e. The smallest absolute Gasteiger partial charge is 0.162 e. The Hall–Kier alpha value is -1.07. The molecule has 0 aromatic heterocycles. The van der Waals surface area contributed by atoms with Gasteiger partial charge in [0.25, 0.3) is 0 Å². The third kappa shape index (κ3) is 3.73. The summed E-state index contributed by atoms with van der Waals surface area (Å²) in [6.07, 6.45) is 1.75. The number of fused-ring (bicyclic) bond motifs is 1. The first-order valence-electron chi connectivity index (χ1n) is 7.09. The molecule has 1 aliphatic heterocycles. The highest BCUT2D eigenvalue weighted by Gasteiger charge is 2.18. The number of hydrogen-bond acceptors (Lipinski definition) is 4. The van der Waals surface area contributed by atoms with Crippen LogP contribution in [0, 0.1) is 0 Å². The zero-order chi connectivity index (χ0) is 14.5. The van der Waals surface area contributed by atoms with E-state index in [2.05, 4.69) is 12.2 Å². The fourth-order valence-corrected chi connectivity index (χ4v) is 3.56. The minimum absolute atomic E-state index is 0.0993. The van der Waals surface area contributed by atoms with E-state index in [4.69, 9.17) is 9.47 Å². The lowest BCUT2D eigenvalue weighted by molar-refractivity contribution is 0.297. The van der Waals surface area contributed by atoms with Gasteiger partial charge in [-0.05, 0) is 32.5 Å². The van der Waals surface area contributed by atoms with E-state index in [9.17, 15) is 4.21 Å². The van der Waals surface area contributed by atoms with Crippen molar-refractivity contribution in [3.05, 3.63) is 18.2 Å². The first-order chi connectivity index (χ1) is 9.61. The van der Waals surface area contributed by atoms with Gasteiger partial charge < -0.3 is 14.8 Å². The average Bonchev–Trinajstić information content (AvgIpc) is 2.70. The Morgan fingerprint density at radius 1 is 1.25 bits per heavy atom. The van der Waals surface area contributed by atoms with Crippen molar-refractivity contribution in [2.45, 2.75) is 42.9 Å². The molecule has 4 nitrogen and oxygen atoms in total. The highest BCUT2D eigenvalue weighted by molar-refractivity contribution is 7.85. The molecule has 1 heterocycles. The van der Waals surface area contributed by atoms with E-state index in [0.717, 1.165) is 23.5 Å². The van der Waals surface area contributed by atoms with Crippen molar-refractivity contribution in [1.82, 2.24) is 5.32 Å². The van der Waals surface area contributed by atoms with Gasteiger partial charge in [0, 0.05) is 28.7 Å². The molecule has 0 saturated carbocycles. The summed E-state index contributed by atoms with van der Waals surface area (Å²) < 4.78 is 23.8. The van der Waals surface area contributed by atoms with Crippen LogP contribution in [-0.4, -0.2) is 35.8 Å². The maximum atomic E-state index is 12.6. The molecular weight excluding hydrogens is 274 g/mol. The summed E-state index contributed by atoms with van der Waals surface area (Å²) >= 11 is 0. The molecular formula is C15H23NO3S. The van der Waals surface area contributed by atoms with E-state index >= 15 is 0 Å². The number of benzene rings is 1.